The van der Waals surface area contributed by atoms with Crippen molar-refractivity contribution in [2.75, 3.05) is 13.7 Å². The summed E-state index contributed by atoms with van der Waals surface area (Å²) in [4.78, 5) is 12.0. The third-order valence-electron chi connectivity index (χ3n) is 3.58. The van der Waals surface area contributed by atoms with E-state index in [2.05, 4.69) is 5.32 Å². The van der Waals surface area contributed by atoms with Crippen LogP contribution >= 0.6 is 0 Å². The van der Waals surface area contributed by atoms with Gasteiger partial charge in [0.25, 0.3) is 0 Å². The maximum absolute atomic E-state index is 12.0. The highest BCUT2D eigenvalue weighted by Crippen LogP contribution is 2.18. The van der Waals surface area contributed by atoms with Crippen molar-refractivity contribution in [3.63, 3.8) is 0 Å². The standard InChI is InChI=1S/C18H22N2O3/c1-23-15-9-5-8-14(11-15)17(21)12-20-18(22)16(19)10-13-6-3-2-4-7-13/h2-9,11,16-17,21H,10,12,19H2,1H3,(H,20,22)/t16-,17?/m0/s1. The van der Waals surface area contributed by atoms with Gasteiger partial charge in [0, 0.05) is 6.54 Å². The van der Waals surface area contributed by atoms with Crippen LogP contribution in [0.4, 0.5) is 0 Å². The zero-order chi connectivity index (χ0) is 16.7. The fourth-order valence-corrected chi connectivity index (χ4v) is 2.26. The first kappa shape index (κ1) is 17.0. The number of carbonyl (C=O) groups excluding carboxylic acids is 1. The minimum absolute atomic E-state index is 0.106. The molecule has 2 rings (SSSR count). The Bertz CT molecular complexity index is 631. The van der Waals surface area contributed by atoms with Crippen molar-refractivity contribution < 1.29 is 14.6 Å². The molecule has 5 nitrogen and oxygen atoms in total. The Labute approximate surface area is 136 Å². The molecule has 1 amide bonds. The van der Waals surface area contributed by atoms with Crippen molar-refractivity contribution in [1.82, 2.24) is 5.32 Å². The third-order valence-corrected chi connectivity index (χ3v) is 3.58. The SMILES string of the molecule is COc1cccc(C(O)CNC(=O)[C@@H](N)Cc2ccccc2)c1. The Morgan fingerprint density at radius 3 is 2.65 bits per heavy atom. The molecule has 1 unspecified atom stereocenters. The number of hydrogen-bond acceptors (Lipinski definition) is 4. The molecule has 0 aliphatic carbocycles. The fraction of sp³-hybridized carbons (Fsp3) is 0.278. The molecule has 23 heavy (non-hydrogen) atoms. The highest BCUT2D eigenvalue weighted by atomic mass is 16.5. The molecular weight excluding hydrogens is 292 g/mol. The smallest absolute Gasteiger partial charge is 0.237 e. The summed E-state index contributed by atoms with van der Waals surface area (Å²) in [7, 11) is 1.57. The van der Waals surface area contributed by atoms with Gasteiger partial charge in [-0.25, -0.2) is 0 Å². The number of ether oxygens (including phenoxy) is 1. The third kappa shape index (κ3) is 5.09. The van der Waals surface area contributed by atoms with E-state index in [1.165, 1.54) is 0 Å². The van der Waals surface area contributed by atoms with Crippen LogP contribution in [0.3, 0.4) is 0 Å². The lowest BCUT2D eigenvalue weighted by Crippen LogP contribution is -2.43. The van der Waals surface area contributed by atoms with Gasteiger partial charge < -0.3 is 20.9 Å². The summed E-state index contributed by atoms with van der Waals surface area (Å²) in [6, 6.07) is 16.1. The largest absolute Gasteiger partial charge is 0.497 e. The number of methoxy groups -OCH3 is 1. The van der Waals surface area contributed by atoms with Crippen molar-refractivity contribution >= 4 is 5.91 Å². The summed E-state index contributed by atoms with van der Waals surface area (Å²) in [6.45, 7) is 0.106. The first-order valence-electron chi connectivity index (χ1n) is 7.49. The van der Waals surface area contributed by atoms with E-state index in [9.17, 15) is 9.90 Å². The molecule has 122 valence electrons. The molecule has 0 aromatic heterocycles. The molecule has 0 aliphatic rings. The molecule has 0 bridgehead atoms. The van der Waals surface area contributed by atoms with Crippen LogP contribution in [-0.4, -0.2) is 30.7 Å². The van der Waals surface area contributed by atoms with E-state index in [1.807, 2.05) is 30.3 Å². The molecule has 0 heterocycles. The number of aliphatic hydroxyl groups is 1. The lowest BCUT2D eigenvalue weighted by Gasteiger charge is -2.16. The molecule has 0 radical (unpaired) electrons. The van der Waals surface area contributed by atoms with E-state index < -0.39 is 12.1 Å². The summed E-state index contributed by atoms with van der Waals surface area (Å²) in [6.07, 6.45) is -0.347. The lowest BCUT2D eigenvalue weighted by atomic mass is 10.1. The number of carbonyl (C=O) groups is 1. The zero-order valence-electron chi connectivity index (χ0n) is 13.1. The van der Waals surface area contributed by atoms with Crippen molar-refractivity contribution in [3.05, 3.63) is 65.7 Å². The van der Waals surface area contributed by atoms with Gasteiger partial charge in [0.05, 0.1) is 19.3 Å². The second kappa shape index (κ2) is 8.31. The monoisotopic (exact) mass is 314 g/mol. The van der Waals surface area contributed by atoms with Crippen LogP contribution in [0.2, 0.25) is 0 Å². The Hall–Kier alpha value is -2.37. The number of rotatable bonds is 7. The Morgan fingerprint density at radius 1 is 1.22 bits per heavy atom. The van der Waals surface area contributed by atoms with Crippen LogP contribution < -0.4 is 15.8 Å². The summed E-state index contributed by atoms with van der Waals surface area (Å²) < 4.78 is 5.12. The van der Waals surface area contributed by atoms with E-state index in [0.717, 1.165) is 5.56 Å². The molecule has 0 fully saturated rings. The van der Waals surface area contributed by atoms with Crippen LogP contribution in [0, 0.1) is 0 Å². The van der Waals surface area contributed by atoms with Gasteiger partial charge in [-0.3, -0.25) is 4.79 Å². The quantitative estimate of drug-likeness (QED) is 0.721. The molecular formula is C18H22N2O3. The first-order valence-corrected chi connectivity index (χ1v) is 7.49. The topological polar surface area (TPSA) is 84.6 Å². The average molecular weight is 314 g/mol. The van der Waals surface area contributed by atoms with Gasteiger partial charge in [-0.05, 0) is 29.7 Å². The van der Waals surface area contributed by atoms with E-state index in [4.69, 9.17) is 10.5 Å². The van der Waals surface area contributed by atoms with Crippen LogP contribution in [-0.2, 0) is 11.2 Å². The van der Waals surface area contributed by atoms with Crippen LogP contribution in [0.15, 0.2) is 54.6 Å². The summed E-state index contributed by atoms with van der Waals surface area (Å²) in [5.74, 6) is 0.379. The molecule has 0 aliphatic heterocycles. The molecule has 0 saturated carbocycles. The van der Waals surface area contributed by atoms with E-state index in [0.29, 0.717) is 17.7 Å². The van der Waals surface area contributed by atoms with E-state index in [1.54, 1.807) is 31.4 Å². The average Bonchev–Trinajstić information content (AvgIpc) is 2.60. The Kier molecular flexibility index (Phi) is 6.14. The van der Waals surface area contributed by atoms with Crippen LogP contribution in [0.25, 0.3) is 0 Å². The van der Waals surface area contributed by atoms with Crippen molar-refractivity contribution in [2.24, 2.45) is 5.73 Å². The second-order valence-corrected chi connectivity index (χ2v) is 5.33. The van der Waals surface area contributed by atoms with Crippen LogP contribution in [0.1, 0.15) is 17.2 Å². The van der Waals surface area contributed by atoms with E-state index >= 15 is 0 Å². The lowest BCUT2D eigenvalue weighted by molar-refractivity contribution is -0.122. The van der Waals surface area contributed by atoms with Crippen molar-refractivity contribution in [1.29, 1.82) is 0 Å². The molecule has 5 heteroatoms. The van der Waals surface area contributed by atoms with Gasteiger partial charge in [-0.1, -0.05) is 42.5 Å². The van der Waals surface area contributed by atoms with Gasteiger partial charge in [0.1, 0.15) is 5.75 Å². The van der Waals surface area contributed by atoms with Crippen molar-refractivity contribution in [2.45, 2.75) is 18.6 Å². The minimum atomic E-state index is -0.807. The molecule has 2 atom stereocenters. The second-order valence-electron chi connectivity index (χ2n) is 5.33. The van der Waals surface area contributed by atoms with Crippen LogP contribution in [0.5, 0.6) is 5.75 Å². The molecule has 4 N–H and O–H groups in total. The highest BCUT2D eigenvalue weighted by Gasteiger charge is 2.16. The van der Waals surface area contributed by atoms with Gasteiger partial charge in [-0.15, -0.1) is 0 Å². The van der Waals surface area contributed by atoms with Gasteiger partial charge in [-0.2, -0.15) is 0 Å². The number of aliphatic hydroxyl groups excluding tert-OH is 1. The predicted octanol–water partition coefficient (Wildman–Crippen LogP) is 1.41. The Morgan fingerprint density at radius 2 is 1.96 bits per heavy atom. The fourth-order valence-electron chi connectivity index (χ4n) is 2.26. The molecule has 2 aromatic rings. The van der Waals surface area contributed by atoms with Gasteiger partial charge in [0.2, 0.25) is 5.91 Å². The van der Waals surface area contributed by atoms with E-state index in [-0.39, 0.29) is 12.5 Å². The Balaban J connectivity index is 1.85. The predicted molar refractivity (Wildman–Crippen MR) is 89.1 cm³/mol. The number of amides is 1. The first-order chi connectivity index (χ1) is 11.1. The maximum Gasteiger partial charge on any atom is 0.237 e. The van der Waals surface area contributed by atoms with Crippen molar-refractivity contribution in [3.8, 4) is 5.75 Å². The maximum atomic E-state index is 12.0. The number of hydrogen-bond donors (Lipinski definition) is 3. The minimum Gasteiger partial charge on any atom is -0.497 e. The molecule has 0 saturated heterocycles. The van der Waals surface area contributed by atoms with Gasteiger partial charge in [0.15, 0.2) is 0 Å². The summed E-state index contributed by atoms with van der Waals surface area (Å²) in [5, 5.41) is 12.8. The zero-order valence-corrected chi connectivity index (χ0v) is 13.1. The highest BCUT2D eigenvalue weighted by molar-refractivity contribution is 5.81. The molecule has 0 spiro atoms. The summed E-state index contributed by atoms with van der Waals surface area (Å²) >= 11 is 0. The number of nitrogens with two attached hydrogens (primary N) is 1. The molecule has 2 aromatic carbocycles. The normalized spacial score (nSPS) is 13.2. The van der Waals surface area contributed by atoms with Gasteiger partial charge >= 0.3 is 0 Å². The number of nitrogens with one attached hydrogen (secondary N) is 1. The summed E-state index contributed by atoms with van der Waals surface area (Å²) in [5.41, 5.74) is 7.59. The number of benzene rings is 2.